The minimum Gasteiger partial charge on any atom is -0.321 e. The number of hydrogen-bond acceptors (Lipinski definition) is 3. The Morgan fingerprint density at radius 1 is 1.00 bits per heavy atom. The summed E-state index contributed by atoms with van der Waals surface area (Å²) in [5, 5.41) is 7.51. The van der Waals surface area contributed by atoms with Gasteiger partial charge in [-0.15, -0.1) is 0 Å². The monoisotopic (exact) mass is 422 g/mol. The highest BCUT2D eigenvalue weighted by Gasteiger charge is 2.27. The Hall–Kier alpha value is -4.24. The van der Waals surface area contributed by atoms with E-state index >= 15 is 0 Å². The number of hydrogen-bond donors (Lipinski definition) is 1. The van der Waals surface area contributed by atoms with Gasteiger partial charge in [-0.05, 0) is 79.8 Å². The summed E-state index contributed by atoms with van der Waals surface area (Å²) in [6.07, 6.45) is 4.30. The Balaban J connectivity index is 1.40. The van der Waals surface area contributed by atoms with Crippen molar-refractivity contribution in [3.05, 3.63) is 107 Å². The Bertz CT molecular complexity index is 1350. The lowest BCUT2D eigenvalue weighted by molar-refractivity contribution is 0.102. The summed E-state index contributed by atoms with van der Waals surface area (Å²) in [5.74, 6) is 5.52. The van der Waals surface area contributed by atoms with Crippen LogP contribution in [0.1, 0.15) is 39.4 Å². The summed E-state index contributed by atoms with van der Waals surface area (Å²) in [4.78, 5) is 17.3. The second kappa shape index (κ2) is 8.48. The van der Waals surface area contributed by atoms with Crippen LogP contribution in [0, 0.1) is 17.7 Å². The van der Waals surface area contributed by atoms with E-state index in [1.54, 1.807) is 23.0 Å². The third-order valence-corrected chi connectivity index (χ3v) is 5.34. The van der Waals surface area contributed by atoms with Crippen molar-refractivity contribution in [2.24, 2.45) is 0 Å². The minimum absolute atomic E-state index is 0.265. The van der Waals surface area contributed by atoms with Gasteiger partial charge in [-0.2, -0.15) is 5.10 Å². The molecule has 0 saturated carbocycles. The fourth-order valence-corrected chi connectivity index (χ4v) is 3.85. The van der Waals surface area contributed by atoms with Gasteiger partial charge in [0.05, 0.1) is 5.69 Å². The highest BCUT2D eigenvalue weighted by atomic mass is 19.1. The number of rotatable bonds is 3. The molecule has 4 aromatic rings. The number of fused-ring (bicyclic) bond motifs is 1. The van der Waals surface area contributed by atoms with Crippen LogP contribution in [0.15, 0.2) is 72.9 Å². The van der Waals surface area contributed by atoms with Crippen LogP contribution >= 0.6 is 0 Å². The lowest BCUT2D eigenvalue weighted by Crippen LogP contribution is -2.15. The molecule has 32 heavy (non-hydrogen) atoms. The number of nitrogens with zero attached hydrogens (tertiary/aromatic N) is 3. The predicted octanol–water partition coefficient (Wildman–Crippen LogP) is 4.55. The van der Waals surface area contributed by atoms with E-state index in [-0.39, 0.29) is 11.7 Å². The molecule has 2 aromatic carbocycles. The molecule has 0 saturated heterocycles. The lowest BCUT2D eigenvalue weighted by atomic mass is 10.1. The smallest absolute Gasteiger partial charge is 0.276 e. The maximum Gasteiger partial charge on any atom is 0.276 e. The fourth-order valence-electron chi connectivity index (χ4n) is 3.85. The van der Waals surface area contributed by atoms with Gasteiger partial charge in [0.15, 0.2) is 5.69 Å². The van der Waals surface area contributed by atoms with Crippen LogP contribution in [0.5, 0.6) is 0 Å². The van der Waals surface area contributed by atoms with Crippen molar-refractivity contribution < 1.29 is 9.18 Å². The van der Waals surface area contributed by atoms with E-state index in [0.29, 0.717) is 17.1 Å². The summed E-state index contributed by atoms with van der Waals surface area (Å²) < 4.78 is 15.1. The van der Waals surface area contributed by atoms with Gasteiger partial charge in [0.1, 0.15) is 11.5 Å². The van der Waals surface area contributed by atoms with E-state index in [2.05, 4.69) is 27.2 Å². The number of anilines is 1. The average Bonchev–Trinajstić information content (AvgIpc) is 3.42. The number of carbonyl (C=O) groups is 1. The molecule has 5 nitrogen and oxygen atoms in total. The third-order valence-electron chi connectivity index (χ3n) is 5.34. The van der Waals surface area contributed by atoms with Crippen molar-refractivity contribution in [2.75, 3.05) is 5.32 Å². The zero-order chi connectivity index (χ0) is 21.9. The van der Waals surface area contributed by atoms with Crippen LogP contribution in [0.2, 0.25) is 0 Å². The number of halogens is 1. The molecule has 0 bridgehead atoms. The van der Waals surface area contributed by atoms with Crippen LogP contribution in [0.3, 0.4) is 0 Å². The summed E-state index contributed by atoms with van der Waals surface area (Å²) >= 11 is 0. The highest BCUT2D eigenvalue weighted by molar-refractivity contribution is 6.04. The summed E-state index contributed by atoms with van der Waals surface area (Å²) in [7, 11) is 0. The molecule has 1 N–H and O–H groups in total. The van der Waals surface area contributed by atoms with Crippen molar-refractivity contribution in [3.63, 3.8) is 0 Å². The van der Waals surface area contributed by atoms with Gasteiger partial charge >= 0.3 is 0 Å². The van der Waals surface area contributed by atoms with Crippen LogP contribution < -0.4 is 5.32 Å². The van der Waals surface area contributed by atoms with Crippen molar-refractivity contribution in [1.29, 1.82) is 0 Å². The second-order valence-electron chi connectivity index (χ2n) is 7.52. The largest absolute Gasteiger partial charge is 0.321 e. The Labute approximate surface area is 184 Å². The Morgan fingerprint density at radius 3 is 2.69 bits per heavy atom. The lowest BCUT2D eigenvalue weighted by Gasteiger charge is -2.06. The summed E-state index contributed by atoms with van der Waals surface area (Å²) in [6, 6.07) is 19.1. The first-order valence-corrected chi connectivity index (χ1v) is 10.4. The molecule has 0 atom stereocenters. The molecule has 1 aliphatic carbocycles. The van der Waals surface area contributed by atoms with Crippen LogP contribution in [0.4, 0.5) is 10.1 Å². The molecule has 2 heterocycles. The Morgan fingerprint density at radius 2 is 1.88 bits per heavy atom. The van der Waals surface area contributed by atoms with E-state index < -0.39 is 0 Å². The van der Waals surface area contributed by atoms with Crippen molar-refractivity contribution in [1.82, 2.24) is 14.8 Å². The topological polar surface area (TPSA) is 59.8 Å². The summed E-state index contributed by atoms with van der Waals surface area (Å²) in [6.45, 7) is 0. The number of pyridine rings is 1. The first-order valence-electron chi connectivity index (χ1n) is 10.4. The molecular weight excluding hydrogens is 403 g/mol. The van der Waals surface area contributed by atoms with E-state index in [4.69, 9.17) is 0 Å². The Kier molecular flexibility index (Phi) is 5.22. The van der Waals surface area contributed by atoms with Gasteiger partial charge in [-0.3, -0.25) is 4.79 Å². The van der Waals surface area contributed by atoms with Crippen LogP contribution in [-0.2, 0) is 12.8 Å². The molecule has 2 aromatic heterocycles. The SMILES string of the molecule is O=C(Nc1cccc(C#Cc2ccccn2)c1)c1nn(-c2ccc(F)cc2)c2c1CCC2. The minimum atomic E-state index is -0.304. The molecule has 0 aliphatic heterocycles. The first kappa shape index (κ1) is 19.7. The van der Waals surface area contributed by atoms with Crippen LogP contribution in [-0.4, -0.2) is 20.7 Å². The zero-order valence-corrected chi connectivity index (χ0v) is 17.2. The van der Waals surface area contributed by atoms with E-state index in [9.17, 15) is 9.18 Å². The summed E-state index contributed by atoms with van der Waals surface area (Å²) in [5.41, 5.74) is 5.22. The maximum absolute atomic E-state index is 13.3. The van der Waals surface area contributed by atoms with Crippen molar-refractivity contribution in [2.45, 2.75) is 19.3 Å². The first-order chi connectivity index (χ1) is 15.7. The molecule has 0 unspecified atom stereocenters. The molecule has 5 rings (SSSR count). The van der Waals surface area contributed by atoms with Gasteiger partial charge in [-0.25, -0.2) is 14.1 Å². The second-order valence-corrected chi connectivity index (χ2v) is 7.52. The van der Waals surface area contributed by atoms with E-state index in [1.807, 2.05) is 42.5 Å². The molecule has 0 spiro atoms. The number of carbonyl (C=O) groups excluding carboxylic acids is 1. The van der Waals surface area contributed by atoms with Crippen molar-refractivity contribution in [3.8, 4) is 17.5 Å². The number of nitrogens with one attached hydrogen (secondary N) is 1. The molecule has 1 aliphatic rings. The molecule has 156 valence electrons. The molecule has 0 radical (unpaired) electrons. The molecular formula is C26H19FN4O. The highest BCUT2D eigenvalue weighted by Crippen LogP contribution is 2.28. The van der Waals surface area contributed by atoms with Crippen LogP contribution in [0.25, 0.3) is 5.69 Å². The normalized spacial score (nSPS) is 12.0. The van der Waals surface area contributed by atoms with Gasteiger partial charge < -0.3 is 5.32 Å². The van der Waals surface area contributed by atoms with Gasteiger partial charge in [0.25, 0.3) is 5.91 Å². The van der Waals surface area contributed by atoms with E-state index in [1.165, 1.54) is 12.1 Å². The van der Waals surface area contributed by atoms with Gasteiger partial charge in [0.2, 0.25) is 0 Å². The standard InChI is InChI=1S/C26H19FN4O/c27-19-11-14-22(15-12-19)31-24-9-4-8-23(24)25(30-31)26(32)29-21-7-3-5-18(17-21)10-13-20-6-1-2-16-28-20/h1-3,5-7,11-12,14-17H,4,8-9H2,(H,29,32). The molecule has 6 heteroatoms. The number of amides is 1. The third kappa shape index (κ3) is 4.01. The molecule has 1 amide bonds. The molecule has 0 fully saturated rings. The fraction of sp³-hybridized carbons (Fsp3) is 0.115. The number of aromatic nitrogens is 3. The predicted molar refractivity (Wildman–Crippen MR) is 120 cm³/mol. The quantitative estimate of drug-likeness (QED) is 0.493. The number of benzene rings is 2. The average molecular weight is 422 g/mol. The van der Waals surface area contributed by atoms with E-state index in [0.717, 1.165) is 41.8 Å². The van der Waals surface area contributed by atoms with Gasteiger partial charge in [-0.1, -0.05) is 18.1 Å². The maximum atomic E-state index is 13.3. The van der Waals surface area contributed by atoms with Gasteiger partial charge in [0, 0.05) is 28.7 Å². The zero-order valence-electron chi connectivity index (χ0n) is 17.2. The van der Waals surface area contributed by atoms with Crippen molar-refractivity contribution >= 4 is 11.6 Å².